The van der Waals surface area contributed by atoms with Gasteiger partial charge in [0.1, 0.15) is 0 Å². The van der Waals surface area contributed by atoms with E-state index in [-0.39, 0.29) is 18.9 Å². The number of rotatable bonds is 0. The van der Waals surface area contributed by atoms with E-state index in [4.69, 9.17) is 0 Å². The van der Waals surface area contributed by atoms with Crippen molar-refractivity contribution in [3.05, 3.63) is 0 Å². The second-order valence-corrected chi connectivity index (χ2v) is 4.50. The molecule has 4 heteroatoms. The van der Waals surface area contributed by atoms with Gasteiger partial charge in [0.25, 0.3) is 0 Å². The van der Waals surface area contributed by atoms with Gasteiger partial charge in [0.05, 0.1) is 20.8 Å². The summed E-state index contributed by atoms with van der Waals surface area (Å²) in [6.07, 6.45) is 0. The largest absolute Gasteiger partial charge is 0.374 e. The first-order chi connectivity index (χ1) is 1.41. The third-order valence-corrected chi connectivity index (χ3v) is 0. The number of hydrogen-bond acceptors (Lipinski definition) is 1. The van der Waals surface area contributed by atoms with E-state index in [2.05, 4.69) is 4.65 Å². The predicted octanol–water partition coefficient (Wildman–Crippen LogP) is -3.24. The number of hydrogen-bond donors (Lipinski definition) is 1. The minimum Gasteiger partial charge on any atom is -0.374 e. The molecule has 0 atom stereocenters. The van der Waals surface area contributed by atoms with Crippen molar-refractivity contribution < 1.29 is 0 Å². The maximum absolute atomic E-state index is 3.03. The van der Waals surface area contributed by atoms with E-state index < -0.39 is 0 Å². The van der Waals surface area contributed by atoms with Crippen LogP contribution >= 0.6 is 0 Å². The average Bonchev–Trinajstić information content (AvgIpc) is 0.918. The summed E-state index contributed by atoms with van der Waals surface area (Å²) in [5.41, 5.74) is 0. The first-order valence-corrected chi connectivity index (χ1v) is 3.00. The molecule has 0 aromatic carbocycles. The van der Waals surface area contributed by atoms with Crippen LogP contribution in [-0.4, -0.2) is 39.7 Å². The van der Waals surface area contributed by atoms with Crippen molar-refractivity contribution >= 4 is 39.7 Å². The van der Waals surface area contributed by atoms with Crippen molar-refractivity contribution in [2.45, 2.75) is 0 Å². The summed E-state index contributed by atoms with van der Waals surface area (Å²) in [5.74, 6) is 0. The Morgan fingerprint density at radius 2 is 1.25 bits per heavy atom. The molecule has 0 saturated carbocycles. The zero-order valence-electron chi connectivity index (χ0n) is 3.50. The molecule has 1 N–H and O–H groups in total. The van der Waals surface area contributed by atoms with Gasteiger partial charge in [-0.15, -0.1) is 0 Å². The van der Waals surface area contributed by atoms with Crippen LogP contribution in [0.4, 0.5) is 0 Å². The molecule has 0 fully saturated rings. The van der Waals surface area contributed by atoms with Gasteiger partial charge in [-0.1, -0.05) is 0 Å². The van der Waals surface area contributed by atoms with Gasteiger partial charge >= 0.3 is 0 Å². The minimum absolute atomic E-state index is 0. The fraction of sp³-hybridized carbons (Fsp3) is 0. The van der Waals surface area contributed by atoms with Crippen molar-refractivity contribution in [1.82, 2.24) is 4.65 Å². The van der Waals surface area contributed by atoms with Crippen LogP contribution in [0.15, 0.2) is 0 Å². The maximum atomic E-state index is 3.03. The Bertz CT molecular complexity index is 6.00. The predicted molar refractivity (Wildman–Crippen MR) is 28.8 cm³/mol. The number of nitrogens with one attached hydrogen (secondary N) is 1. The van der Waals surface area contributed by atoms with Crippen LogP contribution in [0.1, 0.15) is 0 Å². The van der Waals surface area contributed by atoms with Crippen molar-refractivity contribution in [1.29, 1.82) is 0 Å². The van der Waals surface area contributed by atoms with Crippen LogP contribution < -0.4 is 4.65 Å². The van der Waals surface area contributed by atoms with E-state index in [1.54, 1.807) is 0 Å². The van der Waals surface area contributed by atoms with Crippen molar-refractivity contribution in [2.75, 3.05) is 0 Å². The van der Waals surface area contributed by atoms with E-state index >= 15 is 0 Å². The molecule has 0 aromatic heterocycles. The summed E-state index contributed by atoms with van der Waals surface area (Å²) in [7, 11) is 2.36. The van der Waals surface area contributed by atoms with E-state index in [0.29, 0.717) is 0 Å². The topological polar surface area (TPSA) is 12.0 Å². The Kier molecular flexibility index (Phi) is 20.0. The normalized spacial score (nSPS) is 6.00. The molecule has 0 aliphatic rings. The molecule has 0 saturated heterocycles. The van der Waals surface area contributed by atoms with E-state index in [9.17, 15) is 0 Å². The molecule has 0 rings (SSSR count). The molecule has 4 heavy (non-hydrogen) atoms. The smallest absolute Gasteiger partial charge is 0.0670 e. The van der Waals surface area contributed by atoms with Gasteiger partial charge in [-0.25, -0.2) is 0 Å². The first-order valence-electron chi connectivity index (χ1n) is 1.00. The summed E-state index contributed by atoms with van der Waals surface area (Å²) < 4.78 is 3.03. The van der Waals surface area contributed by atoms with Gasteiger partial charge in [-0.3, -0.25) is 0 Å². The van der Waals surface area contributed by atoms with Crippen LogP contribution in [0.5, 0.6) is 0 Å². The summed E-state index contributed by atoms with van der Waals surface area (Å²) in [6.45, 7) is 0. The van der Waals surface area contributed by atoms with Crippen LogP contribution in [0, 0.1) is 0 Å². The summed E-state index contributed by atoms with van der Waals surface area (Å²) in [5, 5.41) is 0. The summed E-state index contributed by atoms with van der Waals surface area (Å²) in [6, 6.07) is 0. The molecule has 1 nitrogen and oxygen atoms in total. The van der Waals surface area contributed by atoms with Crippen LogP contribution in [0.25, 0.3) is 0 Å². The molecule has 0 amide bonds. The fourth-order valence-corrected chi connectivity index (χ4v) is 0. The Labute approximate surface area is 44.7 Å². The molecule has 0 aliphatic heterocycles. The van der Waals surface area contributed by atoms with Gasteiger partial charge in [-0.2, -0.15) is 0 Å². The first kappa shape index (κ1) is 8.89. The van der Waals surface area contributed by atoms with E-state index in [0.717, 1.165) is 0 Å². The Morgan fingerprint density at radius 1 is 1.25 bits per heavy atom. The molecule has 0 unspecified atom stereocenters. The molecular weight excluding hydrogens is 77.1 g/mol. The molecule has 0 spiro atoms. The van der Waals surface area contributed by atoms with Gasteiger partial charge < -0.3 is 4.65 Å². The van der Waals surface area contributed by atoms with Gasteiger partial charge in [0, 0.05) is 18.9 Å². The molecule has 0 aliphatic carbocycles. The van der Waals surface area contributed by atoms with Crippen molar-refractivity contribution in [2.24, 2.45) is 0 Å². The van der Waals surface area contributed by atoms with Gasteiger partial charge in [0.15, 0.2) is 0 Å². The van der Waals surface area contributed by atoms with Crippen LogP contribution in [0.2, 0.25) is 0 Å². The van der Waals surface area contributed by atoms with Crippen LogP contribution in [0.3, 0.4) is 0 Å². The standard InChI is InChI=1S/Li.H7NSi2/c;2-1-3/h;1H,2-3H3. The average molecular weight is 84.2 g/mol. The minimum atomic E-state index is 0. The quantitative estimate of drug-likeness (QED) is 0.304. The van der Waals surface area contributed by atoms with Gasteiger partial charge in [0.2, 0.25) is 0 Å². The zero-order chi connectivity index (χ0) is 2.71. The molecule has 0 aromatic rings. The van der Waals surface area contributed by atoms with E-state index in [1.807, 2.05) is 0 Å². The van der Waals surface area contributed by atoms with Crippen LogP contribution in [-0.2, 0) is 0 Å². The molecule has 21 valence electrons. The molecule has 0 bridgehead atoms. The Morgan fingerprint density at radius 3 is 1.25 bits per heavy atom. The third kappa shape index (κ3) is 12.1. The fourth-order valence-electron chi connectivity index (χ4n) is 0. The zero-order valence-corrected chi connectivity index (χ0v) is 7.50. The molecular formula is H7LiNSi2. The SMILES string of the molecule is [Li].[SiH3]N[SiH3]. The summed E-state index contributed by atoms with van der Waals surface area (Å²) >= 11 is 0. The van der Waals surface area contributed by atoms with Crippen molar-refractivity contribution in [3.63, 3.8) is 0 Å². The third-order valence-electron chi connectivity index (χ3n) is 0. The second-order valence-electron chi connectivity index (χ2n) is 0.500. The monoisotopic (exact) mass is 84.0 g/mol. The molecule has 1 radical (unpaired) electrons. The van der Waals surface area contributed by atoms with E-state index in [1.165, 1.54) is 20.8 Å². The summed E-state index contributed by atoms with van der Waals surface area (Å²) in [4.78, 5) is 0. The Hall–Kier alpha value is 0.991. The Balaban J connectivity index is 0. The maximum Gasteiger partial charge on any atom is 0.0670 e. The second kappa shape index (κ2) is 9.01. The molecule has 0 heterocycles. The van der Waals surface area contributed by atoms with Crippen molar-refractivity contribution in [3.8, 4) is 0 Å². The van der Waals surface area contributed by atoms with Gasteiger partial charge in [-0.05, 0) is 0 Å².